The molecule has 1 fully saturated rings. The Labute approximate surface area is 164 Å². The first-order chi connectivity index (χ1) is 13.4. The molecule has 1 N–H and O–H groups in total. The summed E-state index contributed by atoms with van der Waals surface area (Å²) in [6, 6.07) is 11.6. The fourth-order valence-corrected chi connectivity index (χ4v) is 3.36. The van der Waals surface area contributed by atoms with Gasteiger partial charge in [0.05, 0.1) is 16.9 Å². The lowest BCUT2D eigenvalue weighted by Crippen LogP contribution is -2.44. The number of carbonyl (C=O) groups is 1. The highest BCUT2D eigenvalue weighted by Gasteiger charge is 2.24. The summed E-state index contributed by atoms with van der Waals surface area (Å²) in [7, 11) is 0. The van der Waals surface area contributed by atoms with Crippen molar-refractivity contribution < 1.29 is 9.53 Å². The largest absolute Gasteiger partial charge is 0.443 e. The zero-order valence-electron chi connectivity index (χ0n) is 16.5. The van der Waals surface area contributed by atoms with E-state index < -0.39 is 11.7 Å². The van der Waals surface area contributed by atoms with E-state index in [0.29, 0.717) is 17.3 Å². The molecule has 3 heterocycles. The molecule has 146 valence electrons. The molecule has 0 saturated carbocycles. The second-order valence-electron chi connectivity index (χ2n) is 7.88. The minimum atomic E-state index is -0.586. The van der Waals surface area contributed by atoms with Crippen molar-refractivity contribution >= 4 is 22.9 Å². The molecule has 3 aromatic rings. The van der Waals surface area contributed by atoms with Crippen molar-refractivity contribution in [2.24, 2.45) is 0 Å². The Bertz CT molecular complexity index is 999. The van der Waals surface area contributed by atoms with E-state index in [1.165, 1.54) is 0 Å². The summed E-state index contributed by atoms with van der Waals surface area (Å²) in [5.41, 5.74) is 1.62. The first-order valence-electron chi connectivity index (χ1n) is 9.55. The molecule has 2 aromatic heterocycles. The Morgan fingerprint density at radius 1 is 1.14 bits per heavy atom. The lowest BCUT2D eigenvalue weighted by atomic mass is 10.2. The fourth-order valence-electron chi connectivity index (χ4n) is 3.36. The van der Waals surface area contributed by atoms with Gasteiger partial charge in [-0.05, 0) is 39.0 Å². The quantitative estimate of drug-likeness (QED) is 0.737. The van der Waals surface area contributed by atoms with Crippen LogP contribution in [-0.4, -0.2) is 52.4 Å². The maximum absolute atomic E-state index is 13.0. The van der Waals surface area contributed by atoms with E-state index in [2.05, 4.69) is 15.2 Å². The van der Waals surface area contributed by atoms with Crippen molar-refractivity contribution in [3.8, 4) is 11.4 Å². The fraction of sp³-hybridized carbons (Fsp3) is 0.381. The standard InChI is InChI=1S/C21H25N5O2/c1-21(2,3)28-20(27)26-17-7-5-4-6-15(17)14-18(26)16-8-9-23-19(24-16)25-12-10-22-11-13-25/h4-9,14,22H,10-13H2,1-3H3. The smallest absolute Gasteiger partial charge is 0.419 e. The topological polar surface area (TPSA) is 72.3 Å². The number of para-hydroxylation sites is 1. The van der Waals surface area contributed by atoms with E-state index in [9.17, 15) is 4.79 Å². The lowest BCUT2D eigenvalue weighted by Gasteiger charge is -2.27. The van der Waals surface area contributed by atoms with Crippen LogP contribution in [0.1, 0.15) is 20.8 Å². The molecule has 1 aromatic carbocycles. The Kier molecular flexibility index (Phi) is 4.77. The van der Waals surface area contributed by atoms with Crippen molar-refractivity contribution in [2.45, 2.75) is 26.4 Å². The van der Waals surface area contributed by atoms with Gasteiger partial charge in [0.25, 0.3) is 0 Å². The molecule has 0 amide bonds. The van der Waals surface area contributed by atoms with E-state index in [1.54, 1.807) is 10.8 Å². The van der Waals surface area contributed by atoms with E-state index in [4.69, 9.17) is 9.72 Å². The third kappa shape index (κ3) is 3.71. The summed E-state index contributed by atoms with van der Waals surface area (Å²) in [6.45, 7) is 9.13. The van der Waals surface area contributed by atoms with Crippen molar-refractivity contribution in [1.29, 1.82) is 0 Å². The number of anilines is 1. The summed E-state index contributed by atoms with van der Waals surface area (Å²) in [6.07, 6.45) is 1.34. The molecule has 28 heavy (non-hydrogen) atoms. The van der Waals surface area contributed by atoms with Crippen molar-refractivity contribution in [3.63, 3.8) is 0 Å². The number of rotatable bonds is 2. The van der Waals surface area contributed by atoms with Crippen LogP contribution in [0, 0.1) is 0 Å². The maximum Gasteiger partial charge on any atom is 0.419 e. The number of aromatic nitrogens is 3. The maximum atomic E-state index is 13.0. The van der Waals surface area contributed by atoms with Gasteiger partial charge in [-0.15, -0.1) is 0 Å². The molecular weight excluding hydrogens is 354 g/mol. The number of fused-ring (bicyclic) bond motifs is 1. The van der Waals surface area contributed by atoms with Gasteiger partial charge in [0, 0.05) is 37.8 Å². The van der Waals surface area contributed by atoms with Gasteiger partial charge in [0.2, 0.25) is 5.95 Å². The Hall–Kier alpha value is -2.93. The van der Waals surface area contributed by atoms with Crippen LogP contribution < -0.4 is 10.2 Å². The van der Waals surface area contributed by atoms with Crippen molar-refractivity contribution in [1.82, 2.24) is 19.9 Å². The summed E-state index contributed by atoms with van der Waals surface area (Å²) < 4.78 is 7.26. The van der Waals surface area contributed by atoms with Gasteiger partial charge in [0.1, 0.15) is 5.60 Å². The SMILES string of the molecule is CC(C)(C)OC(=O)n1c(-c2ccnc(N3CCNCC3)n2)cc2ccccc21. The Morgan fingerprint density at radius 2 is 1.89 bits per heavy atom. The minimum Gasteiger partial charge on any atom is -0.443 e. The van der Waals surface area contributed by atoms with Gasteiger partial charge in [-0.25, -0.2) is 19.3 Å². The molecule has 0 radical (unpaired) electrons. The van der Waals surface area contributed by atoms with Crippen LogP contribution in [0.4, 0.5) is 10.7 Å². The minimum absolute atomic E-state index is 0.411. The van der Waals surface area contributed by atoms with Gasteiger partial charge in [0.15, 0.2) is 0 Å². The van der Waals surface area contributed by atoms with Crippen LogP contribution in [0.5, 0.6) is 0 Å². The van der Waals surface area contributed by atoms with E-state index in [1.807, 2.05) is 57.2 Å². The zero-order chi connectivity index (χ0) is 19.7. The molecular formula is C21H25N5O2. The van der Waals surface area contributed by atoms with E-state index in [-0.39, 0.29) is 0 Å². The highest BCUT2D eigenvalue weighted by Crippen LogP contribution is 2.29. The van der Waals surface area contributed by atoms with Crippen LogP contribution in [0.3, 0.4) is 0 Å². The van der Waals surface area contributed by atoms with Gasteiger partial charge in [-0.2, -0.15) is 0 Å². The average molecular weight is 379 g/mol. The first kappa shape index (κ1) is 18.4. The second-order valence-corrected chi connectivity index (χ2v) is 7.88. The summed E-state index contributed by atoms with van der Waals surface area (Å²) in [5, 5.41) is 4.30. The summed E-state index contributed by atoms with van der Waals surface area (Å²) >= 11 is 0. The molecule has 0 spiro atoms. The first-order valence-corrected chi connectivity index (χ1v) is 9.55. The number of benzene rings is 1. The molecule has 7 nitrogen and oxygen atoms in total. The van der Waals surface area contributed by atoms with Gasteiger partial charge in [-0.3, -0.25) is 0 Å². The summed E-state index contributed by atoms with van der Waals surface area (Å²) in [4.78, 5) is 24.3. The van der Waals surface area contributed by atoms with Crippen LogP contribution in [-0.2, 0) is 4.74 Å². The lowest BCUT2D eigenvalue weighted by molar-refractivity contribution is 0.0547. The number of hydrogen-bond acceptors (Lipinski definition) is 6. The van der Waals surface area contributed by atoms with E-state index >= 15 is 0 Å². The molecule has 0 unspecified atom stereocenters. The summed E-state index contributed by atoms with van der Waals surface area (Å²) in [5.74, 6) is 0.681. The third-order valence-corrected chi connectivity index (χ3v) is 4.59. The number of nitrogens with one attached hydrogen (secondary N) is 1. The highest BCUT2D eigenvalue weighted by atomic mass is 16.6. The van der Waals surface area contributed by atoms with Crippen molar-refractivity contribution in [3.05, 3.63) is 42.6 Å². The van der Waals surface area contributed by atoms with Gasteiger partial charge in [-0.1, -0.05) is 18.2 Å². The van der Waals surface area contributed by atoms with Gasteiger partial charge < -0.3 is 15.0 Å². The van der Waals surface area contributed by atoms with Gasteiger partial charge >= 0.3 is 6.09 Å². The Morgan fingerprint density at radius 3 is 2.64 bits per heavy atom. The molecule has 1 aliphatic heterocycles. The van der Waals surface area contributed by atoms with Crippen LogP contribution in [0.15, 0.2) is 42.6 Å². The van der Waals surface area contributed by atoms with Crippen LogP contribution in [0.2, 0.25) is 0 Å². The number of carbonyl (C=O) groups excluding carboxylic acids is 1. The zero-order valence-corrected chi connectivity index (χ0v) is 16.5. The van der Waals surface area contributed by atoms with Crippen LogP contribution in [0.25, 0.3) is 22.3 Å². The van der Waals surface area contributed by atoms with E-state index in [0.717, 1.165) is 37.1 Å². The molecule has 4 rings (SSSR count). The number of piperazine rings is 1. The molecule has 0 aliphatic carbocycles. The normalized spacial score (nSPS) is 15.0. The molecule has 0 atom stereocenters. The third-order valence-electron chi connectivity index (χ3n) is 4.59. The molecule has 7 heteroatoms. The molecule has 1 aliphatic rings. The van der Waals surface area contributed by atoms with Crippen LogP contribution >= 0.6 is 0 Å². The van der Waals surface area contributed by atoms with Crippen molar-refractivity contribution in [2.75, 3.05) is 31.1 Å². The monoisotopic (exact) mass is 379 g/mol. The molecule has 1 saturated heterocycles. The number of hydrogen-bond donors (Lipinski definition) is 1. The number of ether oxygens (including phenoxy) is 1. The second kappa shape index (κ2) is 7.24. The average Bonchev–Trinajstić information content (AvgIpc) is 3.07. The Balaban J connectivity index is 1.80. The highest BCUT2D eigenvalue weighted by molar-refractivity contribution is 5.95. The predicted molar refractivity (Wildman–Crippen MR) is 110 cm³/mol. The number of nitrogens with zero attached hydrogens (tertiary/aromatic N) is 4. The molecule has 0 bridgehead atoms. The predicted octanol–water partition coefficient (Wildman–Crippen LogP) is 3.29.